The molecule has 0 aliphatic heterocycles. The molecule has 0 spiro atoms. The van der Waals surface area contributed by atoms with Gasteiger partial charge in [0.25, 0.3) is 0 Å². The number of nitrogens with one attached hydrogen (secondary N) is 1. The Morgan fingerprint density at radius 3 is 2.78 bits per heavy atom. The lowest BCUT2D eigenvalue weighted by Crippen LogP contribution is -2.15. The first kappa shape index (κ1) is 22.6. The van der Waals surface area contributed by atoms with Crippen LogP contribution in [0, 0.1) is 18.3 Å². The summed E-state index contributed by atoms with van der Waals surface area (Å²) in [5.74, 6) is 1.58. The molecule has 1 N–H and O–H groups in total. The Kier molecular flexibility index (Phi) is 7.01. The molecule has 0 saturated carbocycles. The highest BCUT2D eigenvalue weighted by Gasteiger charge is 2.22. The number of carbonyl (C=O) groups excluding carboxylic acids is 1. The van der Waals surface area contributed by atoms with Crippen LogP contribution in [0.3, 0.4) is 0 Å². The molecule has 32 heavy (non-hydrogen) atoms. The van der Waals surface area contributed by atoms with Crippen LogP contribution in [0.2, 0.25) is 0 Å². The zero-order valence-electron chi connectivity index (χ0n) is 18.6. The van der Waals surface area contributed by atoms with Crippen molar-refractivity contribution in [3.05, 3.63) is 34.1 Å². The van der Waals surface area contributed by atoms with Gasteiger partial charge in [0, 0.05) is 10.9 Å². The number of anilines is 1. The normalized spacial score (nSPS) is 14.0. The summed E-state index contributed by atoms with van der Waals surface area (Å²) in [4.78, 5) is 14.0. The van der Waals surface area contributed by atoms with Gasteiger partial charge < -0.3 is 9.73 Å². The fourth-order valence-corrected chi connectivity index (χ4v) is 6.18. The first-order valence-electron chi connectivity index (χ1n) is 11.0. The molecule has 3 aromatic heterocycles. The molecule has 3 aromatic rings. The predicted molar refractivity (Wildman–Crippen MR) is 127 cm³/mol. The SMILES string of the molecule is Cc1occc1-c1nnc(SCC(=O)Nc2sc3c(c2C#N)CCCCCC3)n1C(C)C. The van der Waals surface area contributed by atoms with Crippen LogP contribution in [0.25, 0.3) is 11.4 Å². The van der Waals surface area contributed by atoms with Crippen LogP contribution in [0.5, 0.6) is 0 Å². The largest absolute Gasteiger partial charge is 0.469 e. The minimum atomic E-state index is -0.139. The second kappa shape index (κ2) is 9.92. The van der Waals surface area contributed by atoms with Gasteiger partial charge in [-0.3, -0.25) is 9.36 Å². The number of nitrogens with zero attached hydrogens (tertiary/aromatic N) is 4. The summed E-state index contributed by atoms with van der Waals surface area (Å²) in [6, 6.07) is 4.34. The molecule has 1 aliphatic rings. The van der Waals surface area contributed by atoms with Gasteiger partial charge in [-0.05, 0) is 58.1 Å². The standard InChI is InChI=1S/C23H27N5O2S2/c1-14(2)28-21(16-10-11-30-15(16)3)26-27-23(28)31-13-20(29)25-22-18(12-24)17-8-6-4-5-7-9-19(17)32-22/h10-11,14H,4-9,13H2,1-3H3,(H,25,29). The van der Waals surface area contributed by atoms with Crippen LogP contribution < -0.4 is 5.32 Å². The van der Waals surface area contributed by atoms with Gasteiger partial charge in [0.1, 0.15) is 16.8 Å². The summed E-state index contributed by atoms with van der Waals surface area (Å²) in [7, 11) is 0. The second-order valence-electron chi connectivity index (χ2n) is 8.23. The maximum atomic E-state index is 12.8. The number of fused-ring (bicyclic) bond motifs is 1. The molecular formula is C23H27N5O2S2. The lowest BCUT2D eigenvalue weighted by atomic mass is 9.97. The molecule has 7 nitrogen and oxygen atoms in total. The van der Waals surface area contributed by atoms with Gasteiger partial charge in [-0.15, -0.1) is 21.5 Å². The summed E-state index contributed by atoms with van der Waals surface area (Å²) in [5, 5.41) is 22.8. The Balaban J connectivity index is 1.48. The zero-order chi connectivity index (χ0) is 22.7. The van der Waals surface area contributed by atoms with Crippen molar-refractivity contribution < 1.29 is 9.21 Å². The van der Waals surface area contributed by atoms with Crippen LogP contribution >= 0.6 is 23.1 Å². The van der Waals surface area contributed by atoms with E-state index < -0.39 is 0 Å². The summed E-state index contributed by atoms with van der Waals surface area (Å²) in [6.45, 7) is 6.02. The van der Waals surface area contributed by atoms with E-state index in [1.54, 1.807) is 17.6 Å². The molecule has 4 rings (SSSR count). The minimum Gasteiger partial charge on any atom is -0.469 e. The first-order valence-corrected chi connectivity index (χ1v) is 12.8. The van der Waals surface area contributed by atoms with Crippen molar-refractivity contribution in [2.45, 2.75) is 70.5 Å². The van der Waals surface area contributed by atoms with Crippen molar-refractivity contribution in [3.8, 4) is 17.5 Å². The Bertz CT molecular complexity index is 1150. The molecule has 0 bridgehead atoms. The lowest BCUT2D eigenvalue weighted by molar-refractivity contribution is -0.113. The van der Waals surface area contributed by atoms with Gasteiger partial charge in [-0.2, -0.15) is 5.26 Å². The van der Waals surface area contributed by atoms with Crippen LogP contribution in [0.4, 0.5) is 5.00 Å². The highest BCUT2D eigenvalue weighted by atomic mass is 32.2. The average Bonchev–Trinajstić information content (AvgIpc) is 3.43. The quantitative estimate of drug-likeness (QED) is 0.462. The lowest BCUT2D eigenvalue weighted by Gasteiger charge is -2.13. The highest BCUT2D eigenvalue weighted by molar-refractivity contribution is 7.99. The number of hydrogen-bond acceptors (Lipinski definition) is 7. The van der Waals surface area contributed by atoms with E-state index in [1.807, 2.05) is 17.6 Å². The van der Waals surface area contributed by atoms with Crippen LogP contribution in [0.1, 0.15) is 67.3 Å². The van der Waals surface area contributed by atoms with E-state index in [0.29, 0.717) is 15.7 Å². The fourth-order valence-electron chi connectivity index (χ4n) is 4.06. The van der Waals surface area contributed by atoms with Crippen LogP contribution in [-0.2, 0) is 17.6 Å². The van der Waals surface area contributed by atoms with Crippen molar-refractivity contribution in [1.29, 1.82) is 5.26 Å². The van der Waals surface area contributed by atoms with E-state index in [2.05, 4.69) is 35.4 Å². The van der Waals surface area contributed by atoms with E-state index in [-0.39, 0.29) is 17.7 Å². The van der Waals surface area contributed by atoms with E-state index in [9.17, 15) is 10.1 Å². The maximum Gasteiger partial charge on any atom is 0.235 e. The molecule has 9 heteroatoms. The molecule has 1 aliphatic carbocycles. The van der Waals surface area contributed by atoms with E-state index in [4.69, 9.17) is 4.42 Å². The van der Waals surface area contributed by atoms with Crippen molar-refractivity contribution in [2.75, 3.05) is 11.1 Å². The minimum absolute atomic E-state index is 0.127. The third-order valence-corrected chi connectivity index (χ3v) is 7.80. The number of rotatable bonds is 6. The van der Waals surface area contributed by atoms with Gasteiger partial charge in [0.05, 0.1) is 23.1 Å². The molecule has 1 amide bonds. The average molecular weight is 470 g/mol. The molecular weight excluding hydrogens is 442 g/mol. The van der Waals surface area contributed by atoms with Crippen molar-refractivity contribution in [3.63, 3.8) is 0 Å². The number of thiophene rings is 1. The van der Waals surface area contributed by atoms with Crippen molar-refractivity contribution in [1.82, 2.24) is 14.8 Å². The number of furan rings is 1. The topological polar surface area (TPSA) is 96.7 Å². The number of aryl methyl sites for hydroxylation is 2. The Morgan fingerprint density at radius 1 is 1.31 bits per heavy atom. The Labute approximate surface area is 196 Å². The number of hydrogen-bond donors (Lipinski definition) is 1. The number of aromatic nitrogens is 3. The van der Waals surface area contributed by atoms with Gasteiger partial charge in [-0.1, -0.05) is 24.6 Å². The maximum absolute atomic E-state index is 12.8. The predicted octanol–water partition coefficient (Wildman–Crippen LogP) is 5.75. The number of amides is 1. The van der Waals surface area contributed by atoms with Gasteiger partial charge in [0.15, 0.2) is 11.0 Å². The van der Waals surface area contributed by atoms with Crippen molar-refractivity contribution in [2.24, 2.45) is 0 Å². The smallest absolute Gasteiger partial charge is 0.235 e. The molecule has 0 radical (unpaired) electrons. The second-order valence-corrected chi connectivity index (χ2v) is 10.3. The molecule has 0 atom stereocenters. The monoisotopic (exact) mass is 469 g/mol. The molecule has 0 saturated heterocycles. The highest BCUT2D eigenvalue weighted by Crippen LogP contribution is 2.37. The summed E-state index contributed by atoms with van der Waals surface area (Å²) in [5.41, 5.74) is 2.69. The Morgan fingerprint density at radius 2 is 2.09 bits per heavy atom. The molecule has 0 fully saturated rings. The number of thioether (sulfide) groups is 1. The van der Waals surface area contributed by atoms with Crippen molar-refractivity contribution >= 4 is 34.0 Å². The summed E-state index contributed by atoms with van der Waals surface area (Å²) in [6.07, 6.45) is 8.24. The first-order chi connectivity index (χ1) is 15.5. The zero-order valence-corrected chi connectivity index (χ0v) is 20.2. The van der Waals surface area contributed by atoms with Crippen LogP contribution in [-0.4, -0.2) is 26.4 Å². The molecule has 168 valence electrons. The van der Waals surface area contributed by atoms with Crippen LogP contribution in [0.15, 0.2) is 21.9 Å². The Hall–Kier alpha value is -2.57. The van der Waals surface area contributed by atoms with Gasteiger partial charge in [0.2, 0.25) is 5.91 Å². The third kappa shape index (κ3) is 4.62. The molecule has 0 aromatic carbocycles. The van der Waals surface area contributed by atoms with Gasteiger partial charge >= 0.3 is 0 Å². The van der Waals surface area contributed by atoms with E-state index in [1.165, 1.54) is 29.5 Å². The fraction of sp³-hybridized carbons (Fsp3) is 0.478. The van der Waals surface area contributed by atoms with E-state index >= 15 is 0 Å². The van der Waals surface area contributed by atoms with Gasteiger partial charge in [-0.25, -0.2) is 0 Å². The van der Waals surface area contributed by atoms with E-state index in [0.717, 1.165) is 48.4 Å². The number of nitriles is 1. The third-order valence-electron chi connectivity index (χ3n) is 5.65. The molecule has 3 heterocycles. The summed E-state index contributed by atoms with van der Waals surface area (Å²) >= 11 is 2.91. The summed E-state index contributed by atoms with van der Waals surface area (Å²) < 4.78 is 7.44. The number of carbonyl (C=O) groups is 1. The molecule has 0 unspecified atom stereocenters.